The smallest absolute Gasteiger partial charge is 0.264 e. The van der Waals surface area contributed by atoms with Gasteiger partial charge in [0, 0.05) is 34.6 Å². The summed E-state index contributed by atoms with van der Waals surface area (Å²) >= 11 is 12.5. The summed E-state index contributed by atoms with van der Waals surface area (Å²) in [5, 5.41) is 3.19. The largest absolute Gasteiger partial charge is 0.352 e. The number of carbonyl (C=O) groups is 2. The topological polar surface area (TPSA) is 86.8 Å². The summed E-state index contributed by atoms with van der Waals surface area (Å²) in [4.78, 5) is 29.2. The molecule has 0 radical (unpaired) electrons. The molecule has 1 atom stereocenters. The van der Waals surface area contributed by atoms with Crippen molar-refractivity contribution in [3.8, 4) is 0 Å². The second-order valence-electron chi connectivity index (χ2n) is 10.4. The number of halogens is 3. The molecule has 0 bridgehead atoms. The molecule has 7 nitrogen and oxygen atoms in total. The first-order chi connectivity index (χ1) is 21.0. The highest BCUT2D eigenvalue weighted by atomic mass is 35.5. The van der Waals surface area contributed by atoms with Gasteiger partial charge in [-0.25, -0.2) is 12.8 Å². The van der Waals surface area contributed by atoms with Gasteiger partial charge in [-0.05, 0) is 55.8 Å². The van der Waals surface area contributed by atoms with Gasteiger partial charge in [-0.3, -0.25) is 13.9 Å². The fourth-order valence-electron chi connectivity index (χ4n) is 4.68. The monoisotopic (exact) mass is 655 g/mol. The summed E-state index contributed by atoms with van der Waals surface area (Å²) < 4.78 is 43.9. The van der Waals surface area contributed by atoms with Gasteiger partial charge in [0.25, 0.3) is 10.0 Å². The maximum Gasteiger partial charge on any atom is 0.264 e. The molecule has 1 N–H and O–H groups in total. The van der Waals surface area contributed by atoms with Crippen molar-refractivity contribution < 1.29 is 22.4 Å². The molecule has 2 amide bonds. The molecule has 4 aromatic rings. The summed E-state index contributed by atoms with van der Waals surface area (Å²) in [5.74, 6) is -1.76. The number of hydrogen-bond donors (Lipinski definition) is 1. The zero-order chi connectivity index (χ0) is 31.9. The van der Waals surface area contributed by atoms with Crippen molar-refractivity contribution in [2.75, 3.05) is 10.8 Å². The van der Waals surface area contributed by atoms with Crippen molar-refractivity contribution in [2.24, 2.45) is 0 Å². The molecule has 0 heterocycles. The molecule has 0 saturated heterocycles. The Balaban J connectivity index is 1.83. The molecule has 0 saturated carbocycles. The Kier molecular flexibility index (Phi) is 11.0. The van der Waals surface area contributed by atoms with E-state index in [1.165, 1.54) is 53.4 Å². The van der Waals surface area contributed by atoms with Gasteiger partial charge >= 0.3 is 0 Å². The number of sulfonamides is 1. The van der Waals surface area contributed by atoms with Crippen molar-refractivity contribution in [1.82, 2.24) is 10.2 Å². The third kappa shape index (κ3) is 8.37. The molecule has 4 rings (SSSR count). The van der Waals surface area contributed by atoms with E-state index >= 15 is 0 Å². The Hall–Kier alpha value is -3.92. The third-order valence-corrected chi connectivity index (χ3v) is 8.97. The van der Waals surface area contributed by atoms with Crippen LogP contribution in [0.2, 0.25) is 10.0 Å². The fraction of sp³-hybridized carbons (Fsp3) is 0.212. The van der Waals surface area contributed by atoms with Gasteiger partial charge in [0.2, 0.25) is 11.8 Å². The molecule has 11 heteroatoms. The van der Waals surface area contributed by atoms with Gasteiger partial charge in [0.1, 0.15) is 18.4 Å². The van der Waals surface area contributed by atoms with Gasteiger partial charge in [0.15, 0.2) is 0 Å². The lowest BCUT2D eigenvalue weighted by Crippen LogP contribution is -2.54. The van der Waals surface area contributed by atoms with Crippen LogP contribution in [0.5, 0.6) is 0 Å². The van der Waals surface area contributed by atoms with Crippen LogP contribution in [-0.2, 0) is 32.6 Å². The highest BCUT2D eigenvalue weighted by Crippen LogP contribution is 2.30. The van der Waals surface area contributed by atoms with E-state index in [0.717, 1.165) is 9.87 Å². The van der Waals surface area contributed by atoms with Crippen LogP contribution in [0.1, 0.15) is 25.0 Å². The number of anilines is 1. The molecule has 0 aromatic heterocycles. The fourth-order valence-corrected chi connectivity index (χ4v) is 6.61. The average molecular weight is 657 g/mol. The number of rotatable bonds is 12. The Bertz CT molecular complexity index is 1690. The number of nitrogens with zero attached hydrogens (tertiary/aromatic N) is 2. The standard InChI is InChI=1S/C33H32Cl2FN3O4S/c1-23(2)37-33(41)31(17-24-11-5-3-6-12-24)38(21-25-13-9-10-16-30(25)36)32(40)22-39(28-19-26(34)18-27(35)20-28)44(42,43)29-14-7-4-8-15-29/h3-16,18-20,23,31H,17,21-22H2,1-2H3,(H,37,41). The van der Waals surface area contributed by atoms with Crippen molar-refractivity contribution in [3.05, 3.63) is 130 Å². The molecule has 0 spiro atoms. The molecule has 0 aliphatic carbocycles. The van der Waals surface area contributed by atoms with Crippen LogP contribution in [0.25, 0.3) is 0 Å². The first-order valence-corrected chi connectivity index (χ1v) is 16.1. The lowest BCUT2D eigenvalue weighted by molar-refractivity contribution is -0.140. The van der Waals surface area contributed by atoms with E-state index in [9.17, 15) is 22.4 Å². The van der Waals surface area contributed by atoms with Gasteiger partial charge < -0.3 is 10.2 Å². The van der Waals surface area contributed by atoms with Crippen LogP contribution in [0.4, 0.5) is 10.1 Å². The van der Waals surface area contributed by atoms with E-state index in [0.29, 0.717) is 0 Å². The van der Waals surface area contributed by atoms with E-state index in [2.05, 4.69) is 5.32 Å². The Labute approximate surface area is 267 Å². The van der Waals surface area contributed by atoms with Crippen molar-refractivity contribution >= 4 is 50.7 Å². The van der Waals surface area contributed by atoms with Gasteiger partial charge in [0.05, 0.1) is 10.6 Å². The maximum atomic E-state index is 15.0. The Morgan fingerprint density at radius 2 is 1.41 bits per heavy atom. The van der Waals surface area contributed by atoms with E-state index < -0.39 is 40.2 Å². The van der Waals surface area contributed by atoms with Gasteiger partial charge in [-0.1, -0.05) is 89.9 Å². The summed E-state index contributed by atoms with van der Waals surface area (Å²) in [6.45, 7) is 2.57. The zero-order valence-electron chi connectivity index (χ0n) is 24.2. The average Bonchev–Trinajstić information content (AvgIpc) is 2.98. The molecule has 0 aliphatic heterocycles. The number of benzene rings is 4. The molecule has 0 aliphatic rings. The molecule has 44 heavy (non-hydrogen) atoms. The summed E-state index contributed by atoms with van der Waals surface area (Å²) in [6, 6.07) is 25.5. The van der Waals surface area contributed by atoms with Crippen molar-refractivity contribution in [1.29, 1.82) is 0 Å². The molecule has 4 aromatic carbocycles. The lowest BCUT2D eigenvalue weighted by atomic mass is 10.0. The molecule has 230 valence electrons. The van der Waals surface area contributed by atoms with Crippen molar-refractivity contribution in [2.45, 2.75) is 43.8 Å². The van der Waals surface area contributed by atoms with E-state index in [4.69, 9.17) is 23.2 Å². The SMILES string of the molecule is CC(C)NC(=O)C(Cc1ccccc1)N(Cc1ccccc1F)C(=O)CN(c1cc(Cl)cc(Cl)c1)S(=O)(=O)c1ccccc1. The summed E-state index contributed by atoms with van der Waals surface area (Å²) in [5.41, 5.74) is 0.981. The predicted octanol–water partition coefficient (Wildman–Crippen LogP) is 6.49. The van der Waals surface area contributed by atoms with E-state index in [-0.39, 0.29) is 45.2 Å². The molecular weight excluding hydrogens is 624 g/mol. The van der Waals surface area contributed by atoms with Crippen LogP contribution in [0.3, 0.4) is 0 Å². The minimum atomic E-state index is -4.33. The van der Waals surface area contributed by atoms with Crippen LogP contribution >= 0.6 is 23.2 Å². The first-order valence-electron chi connectivity index (χ1n) is 13.9. The Morgan fingerprint density at radius 1 is 0.841 bits per heavy atom. The predicted molar refractivity (Wildman–Crippen MR) is 172 cm³/mol. The number of amides is 2. The second-order valence-corrected chi connectivity index (χ2v) is 13.2. The quantitative estimate of drug-likeness (QED) is 0.189. The zero-order valence-corrected chi connectivity index (χ0v) is 26.5. The lowest BCUT2D eigenvalue weighted by Gasteiger charge is -2.34. The second kappa shape index (κ2) is 14.7. The van der Waals surface area contributed by atoms with Gasteiger partial charge in [-0.2, -0.15) is 0 Å². The van der Waals surface area contributed by atoms with Gasteiger partial charge in [-0.15, -0.1) is 0 Å². The Morgan fingerprint density at radius 3 is 2.00 bits per heavy atom. The maximum absolute atomic E-state index is 15.0. The minimum Gasteiger partial charge on any atom is -0.352 e. The minimum absolute atomic E-state index is 0.0526. The number of carbonyl (C=O) groups excluding carboxylic acids is 2. The highest BCUT2D eigenvalue weighted by molar-refractivity contribution is 7.92. The van der Waals surface area contributed by atoms with Crippen LogP contribution in [-0.4, -0.2) is 43.8 Å². The normalized spacial score (nSPS) is 12.0. The summed E-state index contributed by atoms with van der Waals surface area (Å²) in [7, 11) is -4.33. The highest BCUT2D eigenvalue weighted by Gasteiger charge is 2.35. The van der Waals surface area contributed by atoms with Crippen molar-refractivity contribution in [3.63, 3.8) is 0 Å². The van der Waals surface area contributed by atoms with Crippen LogP contribution in [0.15, 0.2) is 108 Å². The molecular formula is C33H32Cl2FN3O4S. The summed E-state index contributed by atoms with van der Waals surface area (Å²) in [6.07, 6.45) is 0.105. The van der Waals surface area contributed by atoms with E-state index in [1.54, 1.807) is 38.1 Å². The molecule has 0 fully saturated rings. The van der Waals surface area contributed by atoms with Crippen LogP contribution in [0, 0.1) is 5.82 Å². The number of nitrogens with one attached hydrogen (secondary N) is 1. The number of hydrogen-bond acceptors (Lipinski definition) is 4. The molecule has 1 unspecified atom stereocenters. The third-order valence-electron chi connectivity index (χ3n) is 6.75. The van der Waals surface area contributed by atoms with E-state index in [1.807, 2.05) is 30.3 Å². The van der Waals surface area contributed by atoms with Crippen LogP contribution < -0.4 is 9.62 Å². The first kappa shape index (κ1) is 33.0.